The number of nitrogen functional groups attached to an aromatic ring is 1. The first-order valence-corrected chi connectivity index (χ1v) is 16.0. The molecule has 46 heavy (non-hydrogen) atoms. The summed E-state index contributed by atoms with van der Waals surface area (Å²) in [5.41, 5.74) is 7.26. The molecule has 4 amide bonds. The number of imide groups is 1. The van der Waals surface area contributed by atoms with E-state index in [2.05, 4.69) is 11.4 Å². The number of anilines is 3. The van der Waals surface area contributed by atoms with Gasteiger partial charge in [-0.1, -0.05) is 6.07 Å². The zero-order valence-electron chi connectivity index (χ0n) is 25.3. The number of thioether (sulfide) groups is 1. The van der Waals surface area contributed by atoms with E-state index < -0.39 is 35.4 Å². The molecule has 3 heterocycles. The van der Waals surface area contributed by atoms with E-state index in [0.29, 0.717) is 34.9 Å². The molecule has 238 valence electrons. The number of nitrogens with zero attached hydrogens (tertiary/aromatic N) is 3. The fourth-order valence-corrected chi connectivity index (χ4v) is 7.29. The lowest BCUT2D eigenvalue weighted by atomic mass is 10.0. The van der Waals surface area contributed by atoms with Gasteiger partial charge in [-0.05, 0) is 75.2 Å². The minimum Gasteiger partial charge on any atom is -0.452 e. The molecule has 1 atom stereocenters. The number of thiophene rings is 1. The number of benzene rings is 2. The molecule has 3 aromatic rings. The first kappa shape index (κ1) is 32.5. The van der Waals surface area contributed by atoms with Crippen molar-refractivity contribution in [1.29, 1.82) is 5.26 Å². The summed E-state index contributed by atoms with van der Waals surface area (Å²) in [6, 6.07) is 15.0. The van der Waals surface area contributed by atoms with Crippen LogP contribution in [0.1, 0.15) is 53.6 Å². The minimum absolute atomic E-state index is 0.0277. The van der Waals surface area contributed by atoms with Crippen molar-refractivity contribution in [3.05, 3.63) is 70.1 Å². The molecule has 2 aliphatic rings. The third-order valence-electron chi connectivity index (χ3n) is 7.01. The third-order valence-corrected chi connectivity index (χ3v) is 9.32. The Labute approximate surface area is 273 Å². The predicted molar refractivity (Wildman–Crippen MR) is 172 cm³/mol. The van der Waals surface area contributed by atoms with Crippen molar-refractivity contribution < 1.29 is 33.4 Å². The second kappa shape index (κ2) is 13.2. The van der Waals surface area contributed by atoms with Gasteiger partial charge in [0.25, 0.3) is 5.91 Å². The Hall–Kier alpha value is -4.87. The normalized spacial score (nSPS) is 16.1. The molecule has 2 aliphatic heterocycles. The summed E-state index contributed by atoms with van der Waals surface area (Å²) in [5, 5.41) is 12.1. The summed E-state index contributed by atoms with van der Waals surface area (Å²) in [4.78, 5) is 67.8. The number of esters is 1. The first-order valence-electron chi connectivity index (χ1n) is 14.3. The van der Waals surface area contributed by atoms with E-state index in [1.807, 2.05) is 6.07 Å². The molecule has 0 spiro atoms. The lowest BCUT2D eigenvalue weighted by Gasteiger charge is -2.29. The predicted octanol–water partition coefficient (Wildman–Crippen LogP) is 4.71. The quantitative estimate of drug-likeness (QED) is 0.205. The highest BCUT2D eigenvalue weighted by Gasteiger charge is 2.40. The molecule has 3 N–H and O–H groups in total. The molecule has 14 heteroatoms. The lowest BCUT2D eigenvalue weighted by Crippen LogP contribution is -2.39. The summed E-state index contributed by atoms with van der Waals surface area (Å²) < 4.78 is 10.6. The summed E-state index contributed by atoms with van der Waals surface area (Å²) >= 11 is 2.45. The van der Waals surface area contributed by atoms with E-state index >= 15 is 0 Å². The van der Waals surface area contributed by atoms with Crippen LogP contribution in [0.3, 0.4) is 0 Å². The van der Waals surface area contributed by atoms with Crippen LogP contribution in [-0.2, 0) is 36.8 Å². The number of fused-ring (bicyclic) bond motifs is 1. The van der Waals surface area contributed by atoms with Crippen molar-refractivity contribution in [2.45, 2.75) is 55.9 Å². The number of hydrogen-bond acceptors (Lipinski definition) is 11. The number of nitrogens with two attached hydrogens (primary N) is 1. The largest absolute Gasteiger partial charge is 0.452 e. The number of ether oxygens (including phenoxy) is 2. The number of carbonyl (C=O) groups is 5. The highest BCUT2D eigenvalue weighted by molar-refractivity contribution is 8.00. The van der Waals surface area contributed by atoms with E-state index in [1.54, 1.807) is 43.9 Å². The van der Waals surface area contributed by atoms with Crippen molar-refractivity contribution in [1.82, 2.24) is 4.90 Å². The summed E-state index contributed by atoms with van der Waals surface area (Å²) in [7, 11) is 0. The van der Waals surface area contributed by atoms with Gasteiger partial charge in [-0.15, -0.1) is 23.1 Å². The van der Waals surface area contributed by atoms with Gasteiger partial charge in [-0.2, -0.15) is 5.26 Å². The van der Waals surface area contributed by atoms with Crippen LogP contribution in [0.5, 0.6) is 0 Å². The second-order valence-corrected chi connectivity index (χ2v) is 14.0. The smallest absolute Gasteiger partial charge is 0.410 e. The van der Waals surface area contributed by atoms with Crippen molar-refractivity contribution in [3.8, 4) is 6.07 Å². The lowest BCUT2D eigenvalue weighted by molar-refractivity contribution is -0.121. The van der Waals surface area contributed by atoms with Gasteiger partial charge in [0.1, 0.15) is 16.7 Å². The molecule has 0 aliphatic carbocycles. The van der Waals surface area contributed by atoms with Crippen LogP contribution in [0, 0.1) is 11.3 Å². The fraction of sp³-hybridized carbons (Fsp3) is 0.312. The number of amides is 4. The number of rotatable bonds is 7. The van der Waals surface area contributed by atoms with E-state index in [-0.39, 0.29) is 30.3 Å². The summed E-state index contributed by atoms with van der Waals surface area (Å²) in [5.74, 6) is -2.15. The van der Waals surface area contributed by atoms with Crippen molar-refractivity contribution >= 4 is 69.3 Å². The number of nitriles is 1. The Morgan fingerprint density at radius 1 is 1.15 bits per heavy atom. The van der Waals surface area contributed by atoms with Gasteiger partial charge in [0, 0.05) is 28.4 Å². The Kier molecular flexibility index (Phi) is 9.36. The van der Waals surface area contributed by atoms with Gasteiger partial charge in [-0.3, -0.25) is 14.4 Å². The van der Waals surface area contributed by atoms with E-state index in [1.165, 1.54) is 47.4 Å². The van der Waals surface area contributed by atoms with Crippen LogP contribution in [-0.4, -0.2) is 58.7 Å². The topological polar surface area (TPSA) is 172 Å². The van der Waals surface area contributed by atoms with Crippen molar-refractivity contribution in [3.63, 3.8) is 0 Å². The van der Waals surface area contributed by atoms with E-state index in [4.69, 9.17) is 15.2 Å². The Bertz CT molecular complexity index is 1760. The number of hydrogen-bond donors (Lipinski definition) is 2. The van der Waals surface area contributed by atoms with Crippen LogP contribution in [0.15, 0.2) is 53.4 Å². The maximum absolute atomic E-state index is 13.0. The van der Waals surface area contributed by atoms with Gasteiger partial charge in [0.2, 0.25) is 11.8 Å². The molecule has 1 aromatic heterocycles. The van der Waals surface area contributed by atoms with Gasteiger partial charge in [-0.25, -0.2) is 14.5 Å². The molecule has 0 bridgehead atoms. The number of nitrogens with one attached hydrogen (secondary N) is 1. The molecule has 5 rings (SSSR count). The molecule has 0 radical (unpaired) electrons. The van der Waals surface area contributed by atoms with Crippen LogP contribution in [0.4, 0.5) is 21.2 Å². The maximum Gasteiger partial charge on any atom is 0.410 e. The highest BCUT2D eigenvalue weighted by Crippen LogP contribution is 2.37. The molecule has 1 saturated heterocycles. The molecule has 12 nitrogen and oxygen atoms in total. The average molecular weight is 662 g/mol. The minimum atomic E-state index is -0.783. The van der Waals surface area contributed by atoms with Crippen molar-refractivity contribution in [2.75, 3.05) is 29.1 Å². The average Bonchev–Trinajstić information content (AvgIpc) is 3.48. The third kappa shape index (κ3) is 7.32. The molecule has 1 fully saturated rings. The molecule has 2 aromatic carbocycles. The second-order valence-electron chi connectivity index (χ2n) is 11.6. The molecule has 0 saturated carbocycles. The van der Waals surface area contributed by atoms with Gasteiger partial charge in [0.15, 0.2) is 6.61 Å². The zero-order chi connectivity index (χ0) is 33.2. The van der Waals surface area contributed by atoms with Crippen molar-refractivity contribution in [2.24, 2.45) is 0 Å². The maximum atomic E-state index is 13.0. The van der Waals surface area contributed by atoms with Crippen LogP contribution in [0.2, 0.25) is 0 Å². The first-order chi connectivity index (χ1) is 21.8. The zero-order valence-corrected chi connectivity index (χ0v) is 27.0. The number of carbonyl (C=O) groups excluding carboxylic acids is 5. The monoisotopic (exact) mass is 661 g/mol. The van der Waals surface area contributed by atoms with Gasteiger partial charge >= 0.3 is 12.1 Å². The van der Waals surface area contributed by atoms with Gasteiger partial charge in [0.05, 0.1) is 28.6 Å². The van der Waals surface area contributed by atoms with Crippen LogP contribution >= 0.6 is 23.1 Å². The van der Waals surface area contributed by atoms with Crippen LogP contribution < -0.4 is 16.0 Å². The standard InChI is InChI=1S/C32H31N5O7S2/c1-32(2,3)44-31(42)36-12-11-22-23(15-33)28(46-25(22)16-36)35-26(38)17-43-30(41)18-7-9-20(10-8-18)37-27(39)14-24(29(37)40)45-21-6-4-5-19(34)13-21/h4-10,13,24H,11-12,14,16-17,34H2,1-3H3,(H,35,38). The Morgan fingerprint density at radius 2 is 1.89 bits per heavy atom. The fourth-order valence-electron chi connectivity index (χ4n) is 4.94. The molecular weight excluding hydrogens is 631 g/mol. The highest BCUT2D eigenvalue weighted by atomic mass is 32.2. The molecule has 1 unspecified atom stereocenters. The summed E-state index contributed by atoms with van der Waals surface area (Å²) in [6.07, 6.45) is 0.0110. The summed E-state index contributed by atoms with van der Waals surface area (Å²) in [6.45, 7) is 5.37. The van der Waals surface area contributed by atoms with Crippen LogP contribution in [0.25, 0.3) is 0 Å². The molecular formula is C32H31N5O7S2. The SMILES string of the molecule is CC(C)(C)OC(=O)N1CCc2c(sc(NC(=O)COC(=O)c3ccc(N4C(=O)CC(Sc5cccc(N)c5)C4=O)cc3)c2C#N)C1. The Balaban J connectivity index is 1.16. The van der Waals surface area contributed by atoms with E-state index in [0.717, 1.165) is 20.2 Å². The van der Waals surface area contributed by atoms with E-state index in [9.17, 15) is 29.2 Å². The Morgan fingerprint density at radius 3 is 2.57 bits per heavy atom. The van der Waals surface area contributed by atoms with Gasteiger partial charge < -0.3 is 25.4 Å².